The van der Waals surface area contributed by atoms with Gasteiger partial charge in [0, 0.05) is 0 Å². The van der Waals surface area contributed by atoms with Gasteiger partial charge < -0.3 is 55.1 Å². The van der Waals surface area contributed by atoms with Gasteiger partial charge in [-0.05, 0) is 24.3 Å². The number of aliphatic hydroxyl groups is 1. The van der Waals surface area contributed by atoms with Gasteiger partial charge in [0.2, 0.25) is 6.10 Å². The average Bonchev–Trinajstić information content (AvgIpc) is 3.06. The fourth-order valence-electron chi connectivity index (χ4n) is 3.03. The Morgan fingerprint density at radius 1 is 0.800 bits per heavy atom. The highest BCUT2D eigenvalue weighted by Crippen LogP contribution is 2.37. The Morgan fingerprint density at radius 3 is 1.66 bits per heavy atom. The van der Waals surface area contributed by atoms with Crippen molar-refractivity contribution < 1.29 is 74.2 Å². The van der Waals surface area contributed by atoms with Gasteiger partial charge in [0.05, 0.1) is 11.1 Å². The number of carbonyl (C=O) groups excluding carboxylic acids is 3. The molecule has 2 aromatic rings. The lowest BCUT2D eigenvalue weighted by atomic mass is 10.0. The average molecular weight is 496 g/mol. The molecule has 0 bridgehead atoms. The molecule has 0 spiro atoms. The minimum Gasteiger partial charge on any atom is -0.504 e. The summed E-state index contributed by atoms with van der Waals surface area (Å²) in [4.78, 5) is 48.4. The van der Waals surface area contributed by atoms with Gasteiger partial charge in [0.15, 0.2) is 52.8 Å². The standard InChI is InChI=1S/C20H16O15/c21-7-1-5(2-8(22)11(7)25)18(30)33-14-13(27)20(32)34-15(14)16(17(28)29)35-19(31)6-3-9(23)12(26)10(24)4-6/h1-4,13-16,21-27H,(H,28,29)/t13-,14-,15-,16+/m1/s1. The first-order valence-corrected chi connectivity index (χ1v) is 9.35. The summed E-state index contributed by atoms with van der Waals surface area (Å²) in [6, 6.07) is 2.59. The molecule has 1 heterocycles. The van der Waals surface area contributed by atoms with Crippen LogP contribution in [0.4, 0.5) is 0 Å². The zero-order chi connectivity index (χ0) is 26.2. The number of benzene rings is 2. The van der Waals surface area contributed by atoms with Crippen molar-refractivity contribution in [2.45, 2.75) is 24.4 Å². The van der Waals surface area contributed by atoms with Crippen LogP contribution in [0.5, 0.6) is 34.5 Å². The summed E-state index contributed by atoms with van der Waals surface area (Å²) in [6.07, 6.45) is -8.78. The maximum atomic E-state index is 12.4. The number of aromatic hydroxyl groups is 6. The minimum absolute atomic E-state index is 0.581. The predicted octanol–water partition coefficient (Wildman–Crippen LogP) is -0.958. The molecule has 1 aliphatic rings. The Balaban J connectivity index is 1.87. The Labute approximate surface area is 193 Å². The number of ether oxygens (including phenoxy) is 3. The number of phenols is 6. The fourth-order valence-corrected chi connectivity index (χ4v) is 3.03. The summed E-state index contributed by atoms with van der Waals surface area (Å²) in [6.45, 7) is 0. The quantitative estimate of drug-likeness (QED) is 0.136. The Kier molecular flexibility index (Phi) is 6.46. The monoisotopic (exact) mass is 496 g/mol. The van der Waals surface area contributed by atoms with Crippen molar-refractivity contribution in [3.05, 3.63) is 35.4 Å². The summed E-state index contributed by atoms with van der Waals surface area (Å²) in [7, 11) is 0. The van der Waals surface area contributed by atoms with Crippen molar-refractivity contribution in [1.29, 1.82) is 0 Å². The second-order valence-corrected chi connectivity index (χ2v) is 7.11. The summed E-state index contributed by atoms with van der Waals surface area (Å²) < 4.78 is 14.4. The van der Waals surface area contributed by atoms with Crippen LogP contribution in [0.2, 0.25) is 0 Å². The first-order valence-electron chi connectivity index (χ1n) is 9.35. The molecular weight excluding hydrogens is 480 g/mol. The predicted molar refractivity (Wildman–Crippen MR) is 105 cm³/mol. The van der Waals surface area contributed by atoms with E-state index in [2.05, 4.69) is 0 Å². The van der Waals surface area contributed by atoms with Gasteiger partial charge in [-0.3, -0.25) is 0 Å². The SMILES string of the molecule is O=C(O[C@H]1[C@H]([C@H](OC(=O)c2cc(O)c(O)c(O)c2)C(=O)O)OC(=O)[C@@H]1O)c1cc(O)c(O)c(O)c1. The molecule has 0 saturated carbocycles. The lowest BCUT2D eigenvalue weighted by Crippen LogP contribution is -2.47. The van der Waals surface area contributed by atoms with E-state index in [4.69, 9.17) is 14.2 Å². The number of esters is 3. The van der Waals surface area contributed by atoms with Gasteiger partial charge in [-0.15, -0.1) is 0 Å². The van der Waals surface area contributed by atoms with Crippen molar-refractivity contribution in [2.75, 3.05) is 0 Å². The van der Waals surface area contributed by atoms with E-state index in [1.807, 2.05) is 0 Å². The zero-order valence-corrected chi connectivity index (χ0v) is 17.1. The van der Waals surface area contributed by atoms with Crippen LogP contribution in [0.25, 0.3) is 0 Å². The highest BCUT2D eigenvalue weighted by Gasteiger charge is 2.54. The van der Waals surface area contributed by atoms with E-state index >= 15 is 0 Å². The van der Waals surface area contributed by atoms with E-state index < -0.39 is 93.9 Å². The van der Waals surface area contributed by atoms with Crippen LogP contribution in [-0.2, 0) is 23.8 Å². The second-order valence-electron chi connectivity index (χ2n) is 7.11. The van der Waals surface area contributed by atoms with Gasteiger partial charge in [-0.2, -0.15) is 0 Å². The fraction of sp³-hybridized carbons (Fsp3) is 0.200. The Morgan fingerprint density at radius 2 is 1.23 bits per heavy atom. The third-order valence-corrected chi connectivity index (χ3v) is 4.76. The molecule has 2 aromatic carbocycles. The number of aliphatic hydroxyl groups excluding tert-OH is 1. The van der Waals surface area contributed by atoms with Crippen molar-refractivity contribution in [3.63, 3.8) is 0 Å². The van der Waals surface area contributed by atoms with E-state index in [-0.39, 0.29) is 0 Å². The molecule has 3 rings (SSSR count). The van der Waals surface area contributed by atoms with Gasteiger partial charge in [0.25, 0.3) is 0 Å². The number of carbonyl (C=O) groups is 4. The number of hydrogen-bond donors (Lipinski definition) is 8. The lowest BCUT2D eigenvalue weighted by molar-refractivity contribution is -0.162. The molecule has 0 aromatic heterocycles. The van der Waals surface area contributed by atoms with Gasteiger partial charge >= 0.3 is 23.9 Å². The molecule has 1 saturated heterocycles. The first-order chi connectivity index (χ1) is 16.3. The molecule has 0 aliphatic carbocycles. The summed E-state index contributed by atoms with van der Waals surface area (Å²) in [5, 5.41) is 76.3. The van der Waals surface area contributed by atoms with E-state index in [1.165, 1.54) is 0 Å². The van der Waals surface area contributed by atoms with E-state index in [0.29, 0.717) is 24.3 Å². The second kappa shape index (κ2) is 9.14. The van der Waals surface area contributed by atoms with Crippen LogP contribution in [0.3, 0.4) is 0 Å². The largest absolute Gasteiger partial charge is 0.504 e. The van der Waals surface area contributed by atoms with E-state index in [0.717, 1.165) is 0 Å². The lowest BCUT2D eigenvalue weighted by Gasteiger charge is -2.24. The molecule has 1 aliphatic heterocycles. The topological polar surface area (TPSA) is 258 Å². The molecule has 0 unspecified atom stereocenters. The molecule has 35 heavy (non-hydrogen) atoms. The zero-order valence-electron chi connectivity index (χ0n) is 17.1. The van der Waals surface area contributed by atoms with Crippen LogP contribution in [0.15, 0.2) is 24.3 Å². The molecule has 0 amide bonds. The molecule has 186 valence electrons. The molecule has 1 fully saturated rings. The molecular formula is C20H16O15. The number of carboxylic acid groups (broad SMARTS) is 1. The molecule has 4 atom stereocenters. The third kappa shape index (κ3) is 4.74. The van der Waals surface area contributed by atoms with Crippen LogP contribution in [0.1, 0.15) is 20.7 Å². The van der Waals surface area contributed by atoms with Crippen LogP contribution in [0, 0.1) is 0 Å². The number of cyclic esters (lactones) is 1. The van der Waals surface area contributed by atoms with Gasteiger partial charge in [-0.1, -0.05) is 0 Å². The van der Waals surface area contributed by atoms with Crippen molar-refractivity contribution in [1.82, 2.24) is 0 Å². The number of phenolic OH excluding ortho intramolecular Hbond substituents is 6. The Bertz CT molecular complexity index is 1170. The minimum atomic E-state index is -2.39. The molecule has 15 nitrogen and oxygen atoms in total. The summed E-state index contributed by atoms with van der Waals surface area (Å²) in [5.74, 6) is -11.9. The highest BCUT2D eigenvalue weighted by atomic mass is 16.6. The van der Waals surface area contributed by atoms with E-state index in [9.17, 15) is 60.0 Å². The normalized spacial score (nSPS) is 20.0. The van der Waals surface area contributed by atoms with Crippen molar-refractivity contribution >= 4 is 23.9 Å². The Hall–Kier alpha value is -4.92. The molecule has 8 N–H and O–H groups in total. The van der Waals surface area contributed by atoms with Crippen LogP contribution < -0.4 is 0 Å². The van der Waals surface area contributed by atoms with Crippen molar-refractivity contribution in [3.8, 4) is 34.5 Å². The number of carboxylic acids is 1. The maximum Gasteiger partial charge on any atom is 0.349 e. The van der Waals surface area contributed by atoms with Gasteiger partial charge in [0.1, 0.15) is 0 Å². The maximum absolute atomic E-state index is 12.4. The smallest absolute Gasteiger partial charge is 0.349 e. The van der Waals surface area contributed by atoms with Crippen LogP contribution in [-0.4, -0.2) is 89.1 Å². The number of aliphatic carboxylic acids is 1. The number of hydrogen-bond acceptors (Lipinski definition) is 14. The van der Waals surface area contributed by atoms with Crippen molar-refractivity contribution in [2.24, 2.45) is 0 Å². The highest BCUT2D eigenvalue weighted by molar-refractivity contribution is 5.94. The number of rotatable bonds is 6. The molecule has 15 heteroatoms. The first kappa shape index (κ1) is 24.7. The summed E-state index contributed by atoms with van der Waals surface area (Å²) >= 11 is 0. The summed E-state index contributed by atoms with van der Waals surface area (Å²) in [5.41, 5.74) is -1.21. The van der Waals surface area contributed by atoms with E-state index in [1.54, 1.807) is 0 Å². The molecule has 0 radical (unpaired) electrons. The third-order valence-electron chi connectivity index (χ3n) is 4.76. The van der Waals surface area contributed by atoms with Gasteiger partial charge in [-0.25, -0.2) is 19.2 Å². The van der Waals surface area contributed by atoms with Crippen LogP contribution >= 0.6 is 0 Å².